The van der Waals surface area contributed by atoms with Crippen molar-refractivity contribution in [3.63, 3.8) is 0 Å². The van der Waals surface area contributed by atoms with Crippen LogP contribution < -0.4 is 0 Å². The quantitative estimate of drug-likeness (QED) is 0.785. The average Bonchev–Trinajstić information content (AvgIpc) is 2.85. The van der Waals surface area contributed by atoms with Gasteiger partial charge in [-0.3, -0.25) is 4.98 Å². The van der Waals surface area contributed by atoms with Gasteiger partial charge in [0.1, 0.15) is 5.82 Å². The van der Waals surface area contributed by atoms with Gasteiger partial charge in [-0.1, -0.05) is 6.92 Å². The summed E-state index contributed by atoms with van der Waals surface area (Å²) < 4.78 is 12.9. The molecule has 1 aromatic heterocycles. The van der Waals surface area contributed by atoms with Crippen molar-refractivity contribution in [2.24, 2.45) is 5.41 Å². The Morgan fingerprint density at radius 1 is 1.50 bits per heavy atom. The molecule has 1 saturated carbocycles. The average molecular weight is 195 g/mol. The van der Waals surface area contributed by atoms with Crippen molar-refractivity contribution >= 4 is 0 Å². The highest BCUT2D eigenvalue weighted by atomic mass is 19.1. The number of aliphatic hydroxyl groups is 1. The molecule has 1 fully saturated rings. The first-order valence-electron chi connectivity index (χ1n) is 4.79. The van der Waals surface area contributed by atoms with Crippen LogP contribution in [0.5, 0.6) is 0 Å². The van der Waals surface area contributed by atoms with Gasteiger partial charge in [-0.15, -0.1) is 0 Å². The van der Waals surface area contributed by atoms with Crippen molar-refractivity contribution in [1.29, 1.82) is 0 Å². The first-order valence-corrected chi connectivity index (χ1v) is 4.79. The summed E-state index contributed by atoms with van der Waals surface area (Å²) in [5.41, 5.74) is -0.512. The predicted molar refractivity (Wildman–Crippen MR) is 51.1 cm³/mol. The van der Waals surface area contributed by atoms with Crippen LogP contribution in [0.3, 0.4) is 0 Å². The lowest BCUT2D eigenvalue weighted by atomic mass is 9.82. The fourth-order valence-corrected chi connectivity index (χ4v) is 1.70. The minimum absolute atomic E-state index is 0.109. The lowest BCUT2D eigenvalue weighted by molar-refractivity contribution is -0.0132. The van der Waals surface area contributed by atoms with Crippen LogP contribution in [0.4, 0.5) is 4.39 Å². The molecule has 1 aliphatic rings. The Labute approximate surface area is 82.8 Å². The van der Waals surface area contributed by atoms with Crippen molar-refractivity contribution in [3.8, 4) is 0 Å². The van der Waals surface area contributed by atoms with Gasteiger partial charge in [0.2, 0.25) is 0 Å². The Morgan fingerprint density at radius 3 is 2.64 bits per heavy atom. The molecule has 0 radical (unpaired) electrons. The molecule has 1 aliphatic carbocycles. The monoisotopic (exact) mass is 195 g/mol. The molecule has 1 N–H and O–H groups in total. The van der Waals surface area contributed by atoms with E-state index in [0.717, 1.165) is 19.0 Å². The number of hydrogen-bond donors (Lipinski definition) is 1. The normalized spacial score (nSPS) is 22.9. The fourth-order valence-electron chi connectivity index (χ4n) is 1.70. The minimum Gasteiger partial charge on any atom is -0.385 e. The summed E-state index contributed by atoms with van der Waals surface area (Å²) in [4.78, 5) is 3.76. The number of aromatic nitrogens is 1. The molecule has 0 aliphatic heterocycles. The highest BCUT2D eigenvalue weighted by Crippen LogP contribution is 2.57. The third-order valence-corrected chi connectivity index (χ3v) is 3.44. The van der Waals surface area contributed by atoms with Crippen LogP contribution in [0.25, 0.3) is 0 Å². The number of nitrogens with zero attached hydrogens (tertiary/aromatic N) is 1. The van der Waals surface area contributed by atoms with Gasteiger partial charge in [0, 0.05) is 17.2 Å². The summed E-state index contributed by atoms with van der Waals surface area (Å²) in [5.74, 6) is -0.396. The van der Waals surface area contributed by atoms with Gasteiger partial charge in [-0.05, 0) is 25.8 Å². The van der Waals surface area contributed by atoms with Gasteiger partial charge in [-0.2, -0.15) is 0 Å². The third-order valence-electron chi connectivity index (χ3n) is 3.44. The van der Waals surface area contributed by atoms with E-state index >= 15 is 0 Å². The van der Waals surface area contributed by atoms with E-state index in [1.807, 2.05) is 6.92 Å². The summed E-state index contributed by atoms with van der Waals surface area (Å²) in [7, 11) is 0. The Kier molecular flexibility index (Phi) is 1.89. The summed E-state index contributed by atoms with van der Waals surface area (Å²) in [6, 6.07) is 1.36. The van der Waals surface area contributed by atoms with Crippen molar-refractivity contribution < 1.29 is 9.50 Å². The zero-order valence-electron chi connectivity index (χ0n) is 8.42. The van der Waals surface area contributed by atoms with Crippen molar-refractivity contribution in [3.05, 3.63) is 29.8 Å². The fraction of sp³-hybridized carbons (Fsp3) is 0.545. The minimum atomic E-state index is -0.970. The molecule has 1 heterocycles. The maximum absolute atomic E-state index is 12.9. The molecule has 2 nitrogen and oxygen atoms in total. The zero-order chi connectivity index (χ0) is 10.4. The second-order valence-electron chi connectivity index (χ2n) is 4.52. The third kappa shape index (κ3) is 1.32. The van der Waals surface area contributed by atoms with Crippen molar-refractivity contribution in [2.75, 3.05) is 0 Å². The highest BCUT2D eigenvalue weighted by Gasteiger charge is 2.53. The summed E-state index contributed by atoms with van der Waals surface area (Å²) in [5, 5.41) is 10.3. The van der Waals surface area contributed by atoms with Crippen LogP contribution in [-0.2, 0) is 5.60 Å². The molecule has 0 bridgehead atoms. The Hall–Kier alpha value is -0.960. The molecule has 3 heteroatoms. The summed E-state index contributed by atoms with van der Waals surface area (Å²) >= 11 is 0. The lowest BCUT2D eigenvalue weighted by Gasteiger charge is -2.30. The van der Waals surface area contributed by atoms with Crippen molar-refractivity contribution in [2.45, 2.75) is 32.3 Å². The first-order chi connectivity index (χ1) is 6.46. The van der Waals surface area contributed by atoms with Crippen LogP contribution in [-0.4, -0.2) is 10.1 Å². The van der Waals surface area contributed by atoms with Crippen LogP contribution in [0, 0.1) is 11.2 Å². The van der Waals surface area contributed by atoms with Gasteiger partial charge in [0.05, 0.1) is 11.8 Å². The molecule has 14 heavy (non-hydrogen) atoms. The van der Waals surface area contributed by atoms with Crippen LogP contribution >= 0.6 is 0 Å². The molecule has 1 unspecified atom stereocenters. The van der Waals surface area contributed by atoms with Crippen LogP contribution in [0.1, 0.15) is 32.3 Å². The number of hydrogen-bond acceptors (Lipinski definition) is 2. The molecule has 0 aromatic carbocycles. The Bertz CT molecular complexity index is 358. The van der Waals surface area contributed by atoms with E-state index in [-0.39, 0.29) is 5.41 Å². The lowest BCUT2D eigenvalue weighted by Crippen LogP contribution is -2.31. The van der Waals surface area contributed by atoms with Crippen molar-refractivity contribution in [1.82, 2.24) is 4.98 Å². The van der Waals surface area contributed by atoms with Crippen LogP contribution in [0.2, 0.25) is 0 Å². The topological polar surface area (TPSA) is 33.1 Å². The summed E-state index contributed by atoms with van der Waals surface area (Å²) in [6.45, 7) is 3.74. The molecule has 76 valence electrons. The number of pyridine rings is 1. The van der Waals surface area contributed by atoms with Gasteiger partial charge in [-0.25, -0.2) is 4.39 Å². The van der Waals surface area contributed by atoms with E-state index < -0.39 is 11.4 Å². The standard InChI is InChI=1S/C11H14FNO/c1-10(3-4-10)11(2,14)8-5-9(12)7-13-6-8/h5-7,14H,3-4H2,1-2H3. The van der Waals surface area contributed by atoms with Gasteiger partial charge >= 0.3 is 0 Å². The first kappa shape index (κ1) is 9.59. The van der Waals surface area contributed by atoms with E-state index in [4.69, 9.17) is 0 Å². The zero-order valence-corrected chi connectivity index (χ0v) is 8.42. The van der Waals surface area contributed by atoms with E-state index in [9.17, 15) is 9.50 Å². The summed E-state index contributed by atoms with van der Waals surface area (Å²) in [6.07, 6.45) is 4.65. The largest absolute Gasteiger partial charge is 0.385 e. The molecule has 2 rings (SSSR count). The predicted octanol–water partition coefficient (Wildman–Crippen LogP) is 2.23. The van der Waals surface area contributed by atoms with Gasteiger partial charge < -0.3 is 5.11 Å². The number of rotatable bonds is 2. The molecule has 0 saturated heterocycles. The Morgan fingerprint density at radius 2 is 2.14 bits per heavy atom. The molecular formula is C11H14FNO. The molecule has 0 spiro atoms. The highest BCUT2D eigenvalue weighted by molar-refractivity contribution is 5.24. The maximum atomic E-state index is 12.9. The number of halogens is 1. The maximum Gasteiger partial charge on any atom is 0.141 e. The van der Waals surface area contributed by atoms with E-state index in [1.165, 1.54) is 12.3 Å². The van der Waals surface area contributed by atoms with E-state index in [2.05, 4.69) is 4.98 Å². The smallest absolute Gasteiger partial charge is 0.141 e. The second-order valence-corrected chi connectivity index (χ2v) is 4.52. The van der Waals surface area contributed by atoms with Gasteiger partial charge in [0.15, 0.2) is 0 Å². The molecule has 1 aromatic rings. The molecule has 0 amide bonds. The molecular weight excluding hydrogens is 181 g/mol. The SMILES string of the molecule is CC1(C(C)(O)c2cncc(F)c2)CC1. The van der Waals surface area contributed by atoms with E-state index in [1.54, 1.807) is 6.92 Å². The van der Waals surface area contributed by atoms with Gasteiger partial charge in [0.25, 0.3) is 0 Å². The van der Waals surface area contributed by atoms with E-state index in [0.29, 0.717) is 5.56 Å². The molecule has 1 atom stereocenters. The van der Waals surface area contributed by atoms with Crippen LogP contribution in [0.15, 0.2) is 18.5 Å². The second kappa shape index (κ2) is 2.76. The Balaban J connectivity index is 2.38.